The molecule has 0 spiro atoms. The van der Waals surface area contributed by atoms with E-state index < -0.39 is 0 Å². The van der Waals surface area contributed by atoms with E-state index in [2.05, 4.69) is 20.4 Å². The van der Waals surface area contributed by atoms with Crippen molar-refractivity contribution in [3.05, 3.63) is 53.4 Å². The maximum Gasteiger partial charge on any atom is 0.275 e. The van der Waals surface area contributed by atoms with Crippen molar-refractivity contribution < 1.29 is 4.79 Å². The first-order chi connectivity index (χ1) is 11.6. The number of rotatable bonds is 3. The molecule has 0 saturated heterocycles. The number of thiazole rings is 1. The average molecular weight is 337 g/mol. The zero-order chi connectivity index (χ0) is 16.7. The van der Waals surface area contributed by atoms with Gasteiger partial charge < -0.3 is 10.3 Å². The van der Waals surface area contributed by atoms with Crippen LogP contribution in [0.2, 0.25) is 0 Å². The standard InChI is InChI=1S/C17H15N5OS/c1-10-5-11-6-13(3-4-14(11)19-10)20-16(23)15-9-24-17(21-15)12-7-18-22(2)8-12/h3-9,19H,1-2H3,(H,20,23). The van der Waals surface area contributed by atoms with Gasteiger partial charge in [0, 0.05) is 46.5 Å². The topological polar surface area (TPSA) is 75.6 Å². The number of nitrogens with zero attached hydrogens (tertiary/aromatic N) is 3. The second-order valence-corrected chi connectivity index (χ2v) is 6.51. The Hall–Kier alpha value is -2.93. The summed E-state index contributed by atoms with van der Waals surface area (Å²) >= 11 is 1.43. The Bertz CT molecular complexity index is 1040. The van der Waals surface area contributed by atoms with E-state index in [9.17, 15) is 4.79 Å². The molecule has 0 saturated carbocycles. The smallest absolute Gasteiger partial charge is 0.275 e. The number of aromatic nitrogens is 4. The number of carbonyl (C=O) groups excluding carboxylic acids is 1. The highest BCUT2D eigenvalue weighted by Gasteiger charge is 2.13. The molecule has 0 unspecified atom stereocenters. The molecule has 0 aliphatic carbocycles. The van der Waals surface area contributed by atoms with Crippen molar-refractivity contribution in [2.45, 2.75) is 6.92 Å². The molecule has 1 amide bonds. The van der Waals surface area contributed by atoms with Gasteiger partial charge >= 0.3 is 0 Å². The van der Waals surface area contributed by atoms with Crippen LogP contribution in [0.5, 0.6) is 0 Å². The fourth-order valence-corrected chi connectivity index (χ4v) is 3.37. The quantitative estimate of drug-likeness (QED) is 0.600. The summed E-state index contributed by atoms with van der Waals surface area (Å²) in [5.74, 6) is -0.215. The first kappa shape index (κ1) is 14.6. The summed E-state index contributed by atoms with van der Waals surface area (Å²) in [6.45, 7) is 2.01. The van der Waals surface area contributed by atoms with Gasteiger partial charge in [-0.05, 0) is 31.2 Å². The van der Waals surface area contributed by atoms with E-state index in [1.54, 1.807) is 16.3 Å². The molecule has 0 aliphatic rings. The molecule has 0 radical (unpaired) electrons. The van der Waals surface area contributed by atoms with Gasteiger partial charge in [-0.3, -0.25) is 9.48 Å². The fourth-order valence-electron chi connectivity index (χ4n) is 2.59. The minimum Gasteiger partial charge on any atom is -0.359 e. The van der Waals surface area contributed by atoms with Gasteiger partial charge in [0.25, 0.3) is 5.91 Å². The van der Waals surface area contributed by atoms with Crippen LogP contribution < -0.4 is 5.32 Å². The van der Waals surface area contributed by atoms with E-state index in [0.717, 1.165) is 32.9 Å². The molecule has 24 heavy (non-hydrogen) atoms. The zero-order valence-electron chi connectivity index (χ0n) is 13.2. The number of anilines is 1. The van der Waals surface area contributed by atoms with Gasteiger partial charge in [0.15, 0.2) is 0 Å². The van der Waals surface area contributed by atoms with Crippen molar-refractivity contribution in [2.75, 3.05) is 5.32 Å². The number of aromatic amines is 1. The summed E-state index contributed by atoms with van der Waals surface area (Å²) in [7, 11) is 1.85. The highest BCUT2D eigenvalue weighted by molar-refractivity contribution is 7.13. The maximum absolute atomic E-state index is 12.4. The largest absolute Gasteiger partial charge is 0.359 e. The summed E-state index contributed by atoms with van der Waals surface area (Å²) in [6.07, 6.45) is 3.62. The number of fused-ring (bicyclic) bond motifs is 1. The second kappa shape index (κ2) is 5.61. The molecule has 4 aromatic rings. The van der Waals surface area contributed by atoms with Gasteiger partial charge in [-0.15, -0.1) is 11.3 Å². The number of aryl methyl sites for hydroxylation is 2. The van der Waals surface area contributed by atoms with Crippen LogP contribution in [0.1, 0.15) is 16.2 Å². The first-order valence-electron chi connectivity index (χ1n) is 7.44. The number of amides is 1. The summed E-state index contributed by atoms with van der Waals surface area (Å²) in [6, 6.07) is 7.84. The Morgan fingerprint density at radius 2 is 2.21 bits per heavy atom. The number of hydrogen-bond acceptors (Lipinski definition) is 4. The third kappa shape index (κ3) is 2.69. The minimum absolute atomic E-state index is 0.215. The summed E-state index contributed by atoms with van der Waals surface area (Å²) in [5.41, 5.74) is 4.21. The molecular formula is C17H15N5OS. The van der Waals surface area contributed by atoms with E-state index in [0.29, 0.717) is 5.69 Å². The maximum atomic E-state index is 12.4. The highest BCUT2D eigenvalue weighted by atomic mass is 32.1. The van der Waals surface area contributed by atoms with Crippen LogP contribution in [-0.4, -0.2) is 25.7 Å². The number of H-pyrrole nitrogens is 1. The van der Waals surface area contributed by atoms with Gasteiger partial charge in [0.2, 0.25) is 0 Å². The normalized spacial score (nSPS) is 11.1. The number of hydrogen-bond donors (Lipinski definition) is 2. The third-order valence-corrected chi connectivity index (χ3v) is 4.59. The molecule has 0 aliphatic heterocycles. The van der Waals surface area contributed by atoms with Crippen molar-refractivity contribution in [1.29, 1.82) is 0 Å². The van der Waals surface area contributed by atoms with Crippen molar-refractivity contribution in [2.24, 2.45) is 7.05 Å². The Morgan fingerprint density at radius 1 is 1.33 bits per heavy atom. The number of carbonyl (C=O) groups is 1. The molecule has 3 heterocycles. The zero-order valence-corrected chi connectivity index (χ0v) is 14.0. The molecule has 1 aromatic carbocycles. The number of benzene rings is 1. The SMILES string of the molecule is Cc1cc2cc(NC(=O)c3csc(-c4cnn(C)c4)n3)ccc2[nH]1. The Balaban J connectivity index is 1.55. The lowest BCUT2D eigenvalue weighted by Crippen LogP contribution is -2.12. The molecule has 2 N–H and O–H groups in total. The molecule has 7 heteroatoms. The number of nitrogens with one attached hydrogen (secondary N) is 2. The van der Waals surface area contributed by atoms with Gasteiger partial charge in [0.05, 0.1) is 6.20 Å². The van der Waals surface area contributed by atoms with Crippen molar-refractivity contribution in [3.63, 3.8) is 0 Å². The lowest BCUT2D eigenvalue weighted by Gasteiger charge is -2.03. The van der Waals surface area contributed by atoms with E-state index in [-0.39, 0.29) is 5.91 Å². The van der Waals surface area contributed by atoms with Crippen molar-refractivity contribution >= 4 is 33.8 Å². The summed E-state index contributed by atoms with van der Waals surface area (Å²) < 4.78 is 1.71. The molecule has 0 bridgehead atoms. The van der Waals surface area contributed by atoms with Crippen LogP contribution in [0.3, 0.4) is 0 Å². The first-order valence-corrected chi connectivity index (χ1v) is 8.32. The minimum atomic E-state index is -0.215. The monoisotopic (exact) mass is 337 g/mol. The van der Waals surface area contributed by atoms with E-state index in [1.165, 1.54) is 11.3 Å². The Kier molecular flexibility index (Phi) is 3.42. The molecular weight excluding hydrogens is 322 g/mol. The Morgan fingerprint density at radius 3 is 3.00 bits per heavy atom. The third-order valence-electron chi connectivity index (χ3n) is 3.70. The van der Waals surface area contributed by atoms with E-state index in [1.807, 2.05) is 44.4 Å². The average Bonchev–Trinajstić information content (AvgIpc) is 3.24. The lowest BCUT2D eigenvalue weighted by molar-refractivity contribution is 0.102. The second-order valence-electron chi connectivity index (χ2n) is 5.65. The lowest BCUT2D eigenvalue weighted by atomic mass is 10.2. The molecule has 3 aromatic heterocycles. The van der Waals surface area contributed by atoms with E-state index in [4.69, 9.17) is 0 Å². The van der Waals surface area contributed by atoms with Crippen LogP contribution in [0.15, 0.2) is 42.0 Å². The fraction of sp³-hybridized carbons (Fsp3) is 0.118. The van der Waals surface area contributed by atoms with Gasteiger partial charge in [0.1, 0.15) is 10.7 Å². The predicted octanol–water partition coefficient (Wildman–Crippen LogP) is 3.59. The van der Waals surface area contributed by atoms with Gasteiger partial charge in [-0.2, -0.15) is 5.10 Å². The van der Waals surface area contributed by atoms with Crippen LogP contribution >= 0.6 is 11.3 Å². The molecule has 6 nitrogen and oxygen atoms in total. The summed E-state index contributed by atoms with van der Waals surface area (Å²) in [5, 5.41) is 10.6. The van der Waals surface area contributed by atoms with Crippen molar-refractivity contribution in [3.8, 4) is 10.6 Å². The predicted molar refractivity (Wildman–Crippen MR) is 95.3 cm³/mol. The van der Waals surface area contributed by atoms with Crippen LogP contribution in [0.25, 0.3) is 21.5 Å². The molecule has 4 rings (SSSR count). The van der Waals surface area contributed by atoms with Crippen LogP contribution in [0, 0.1) is 6.92 Å². The van der Waals surface area contributed by atoms with Gasteiger partial charge in [-0.25, -0.2) is 4.98 Å². The molecule has 0 atom stereocenters. The van der Waals surface area contributed by atoms with Gasteiger partial charge in [-0.1, -0.05) is 0 Å². The van der Waals surface area contributed by atoms with Crippen LogP contribution in [-0.2, 0) is 7.05 Å². The molecule has 120 valence electrons. The van der Waals surface area contributed by atoms with E-state index >= 15 is 0 Å². The highest BCUT2D eigenvalue weighted by Crippen LogP contribution is 2.24. The Labute approximate surface area is 142 Å². The molecule has 0 fully saturated rings. The van der Waals surface area contributed by atoms with Crippen LogP contribution in [0.4, 0.5) is 5.69 Å². The van der Waals surface area contributed by atoms with Crippen molar-refractivity contribution in [1.82, 2.24) is 19.7 Å². The summed E-state index contributed by atoms with van der Waals surface area (Å²) in [4.78, 5) is 20.1.